The molecule has 0 heterocycles. The fourth-order valence-electron chi connectivity index (χ4n) is 2.83. The average molecular weight is 423 g/mol. The van der Waals surface area contributed by atoms with Crippen molar-refractivity contribution in [2.24, 2.45) is 0 Å². The van der Waals surface area contributed by atoms with Crippen molar-refractivity contribution in [3.05, 3.63) is 48.3 Å². The van der Waals surface area contributed by atoms with E-state index in [1.807, 2.05) is 6.92 Å². The molecule has 158 valence electrons. The summed E-state index contributed by atoms with van der Waals surface area (Å²) >= 11 is 0. The van der Waals surface area contributed by atoms with E-state index in [-0.39, 0.29) is 17.3 Å². The Morgan fingerprint density at radius 1 is 1.00 bits per heavy atom. The topological polar surface area (TPSA) is 90.5 Å². The Balaban J connectivity index is 2.20. The SMILES string of the molecule is CCNc1ccc(S(=O)(=O)N(CC)CC)cc1NCC(=O)Nc1cccc(F)c1. The van der Waals surface area contributed by atoms with Gasteiger partial charge >= 0.3 is 0 Å². The van der Waals surface area contributed by atoms with Crippen molar-refractivity contribution in [2.75, 3.05) is 42.1 Å². The Morgan fingerprint density at radius 3 is 2.34 bits per heavy atom. The zero-order chi connectivity index (χ0) is 21.4. The van der Waals surface area contributed by atoms with Crippen molar-refractivity contribution in [2.45, 2.75) is 25.7 Å². The molecule has 0 radical (unpaired) electrons. The van der Waals surface area contributed by atoms with Crippen molar-refractivity contribution in [3.63, 3.8) is 0 Å². The maximum atomic E-state index is 13.2. The Labute approximate surface area is 171 Å². The number of carbonyl (C=O) groups is 1. The highest BCUT2D eigenvalue weighted by atomic mass is 32.2. The molecule has 0 aliphatic heterocycles. The summed E-state index contributed by atoms with van der Waals surface area (Å²) in [6.07, 6.45) is 0. The van der Waals surface area contributed by atoms with Crippen LogP contribution in [0.25, 0.3) is 0 Å². The Kier molecular flexibility index (Phi) is 7.98. The van der Waals surface area contributed by atoms with E-state index in [0.29, 0.717) is 36.7 Å². The van der Waals surface area contributed by atoms with Crippen LogP contribution in [-0.4, -0.2) is 44.8 Å². The molecule has 0 saturated heterocycles. The van der Waals surface area contributed by atoms with E-state index < -0.39 is 15.8 Å². The number of sulfonamides is 1. The van der Waals surface area contributed by atoms with Gasteiger partial charge in [0.1, 0.15) is 5.82 Å². The van der Waals surface area contributed by atoms with Crippen molar-refractivity contribution >= 4 is 33.0 Å². The van der Waals surface area contributed by atoms with Crippen LogP contribution < -0.4 is 16.0 Å². The molecule has 2 rings (SSSR count). The Morgan fingerprint density at radius 2 is 1.72 bits per heavy atom. The number of anilines is 3. The fraction of sp³-hybridized carbons (Fsp3) is 0.350. The van der Waals surface area contributed by atoms with E-state index >= 15 is 0 Å². The summed E-state index contributed by atoms with van der Waals surface area (Å²) in [6.45, 7) is 6.74. The molecule has 3 N–H and O–H groups in total. The van der Waals surface area contributed by atoms with Crippen LogP contribution >= 0.6 is 0 Å². The first kappa shape index (κ1) is 22.6. The minimum Gasteiger partial charge on any atom is -0.384 e. The summed E-state index contributed by atoms with van der Waals surface area (Å²) in [6, 6.07) is 10.3. The third kappa shape index (κ3) is 5.91. The highest BCUT2D eigenvalue weighted by Crippen LogP contribution is 2.27. The zero-order valence-electron chi connectivity index (χ0n) is 16.8. The quantitative estimate of drug-likeness (QED) is 0.546. The van der Waals surface area contributed by atoms with Crippen LogP contribution in [0.5, 0.6) is 0 Å². The lowest BCUT2D eigenvalue weighted by Gasteiger charge is -2.20. The number of carbonyl (C=O) groups excluding carboxylic acids is 1. The maximum absolute atomic E-state index is 13.2. The van der Waals surface area contributed by atoms with Crippen LogP contribution in [0.15, 0.2) is 47.4 Å². The summed E-state index contributed by atoms with van der Waals surface area (Å²) < 4.78 is 40.2. The van der Waals surface area contributed by atoms with E-state index in [1.165, 1.54) is 28.6 Å². The summed E-state index contributed by atoms with van der Waals surface area (Å²) in [7, 11) is -3.62. The first-order valence-electron chi connectivity index (χ1n) is 9.49. The molecule has 29 heavy (non-hydrogen) atoms. The second-order valence-electron chi connectivity index (χ2n) is 6.24. The van der Waals surface area contributed by atoms with Gasteiger partial charge in [0, 0.05) is 25.3 Å². The molecule has 0 unspecified atom stereocenters. The lowest BCUT2D eigenvalue weighted by molar-refractivity contribution is -0.114. The van der Waals surface area contributed by atoms with Crippen molar-refractivity contribution in [1.82, 2.24) is 4.31 Å². The molecular weight excluding hydrogens is 395 g/mol. The number of halogens is 1. The summed E-state index contributed by atoms with van der Waals surface area (Å²) in [5.74, 6) is -0.824. The molecular formula is C20H27FN4O3S. The highest BCUT2D eigenvalue weighted by molar-refractivity contribution is 7.89. The Hall–Kier alpha value is -2.65. The van der Waals surface area contributed by atoms with Crippen LogP contribution in [0.1, 0.15) is 20.8 Å². The van der Waals surface area contributed by atoms with Gasteiger partial charge in [-0.2, -0.15) is 4.31 Å². The third-order valence-corrected chi connectivity index (χ3v) is 6.30. The lowest BCUT2D eigenvalue weighted by atomic mass is 10.2. The highest BCUT2D eigenvalue weighted by Gasteiger charge is 2.22. The summed E-state index contributed by atoms with van der Waals surface area (Å²) in [5.41, 5.74) is 1.53. The van der Waals surface area contributed by atoms with Crippen LogP contribution in [0.2, 0.25) is 0 Å². The molecule has 0 fully saturated rings. The van der Waals surface area contributed by atoms with Gasteiger partial charge in [-0.05, 0) is 43.3 Å². The molecule has 2 aromatic rings. The molecule has 0 saturated carbocycles. The second-order valence-corrected chi connectivity index (χ2v) is 8.18. The minimum absolute atomic E-state index is 0.107. The van der Waals surface area contributed by atoms with Gasteiger partial charge in [-0.25, -0.2) is 12.8 Å². The number of hydrogen-bond donors (Lipinski definition) is 3. The number of nitrogens with one attached hydrogen (secondary N) is 3. The van der Waals surface area contributed by atoms with E-state index in [2.05, 4.69) is 16.0 Å². The molecule has 0 aliphatic carbocycles. The normalized spacial score (nSPS) is 11.3. The molecule has 9 heteroatoms. The zero-order valence-corrected chi connectivity index (χ0v) is 17.6. The van der Waals surface area contributed by atoms with Gasteiger partial charge in [-0.1, -0.05) is 19.9 Å². The van der Waals surface area contributed by atoms with Crippen molar-refractivity contribution in [1.29, 1.82) is 0 Å². The molecule has 0 aliphatic rings. The first-order valence-corrected chi connectivity index (χ1v) is 10.9. The van der Waals surface area contributed by atoms with Crippen LogP contribution in [0.3, 0.4) is 0 Å². The molecule has 0 bridgehead atoms. The number of nitrogens with zero attached hydrogens (tertiary/aromatic N) is 1. The van der Waals surface area contributed by atoms with Gasteiger partial charge in [0.15, 0.2) is 0 Å². The summed E-state index contributed by atoms with van der Waals surface area (Å²) in [4.78, 5) is 12.4. The predicted molar refractivity (Wildman–Crippen MR) is 114 cm³/mol. The largest absolute Gasteiger partial charge is 0.384 e. The molecule has 0 spiro atoms. The van der Waals surface area contributed by atoms with Gasteiger partial charge in [0.05, 0.1) is 22.8 Å². The molecule has 7 nitrogen and oxygen atoms in total. The Bertz CT molecular complexity index is 946. The van der Waals surface area contributed by atoms with Gasteiger partial charge in [-0.3, -0.25) is 4.79 Å². The molecule has 1 amide bonds. The minimum atomic E-state index is -3.62. The lowest BCUT2D eigenvalue weighted by Crippen LogP contribution is -2.30. The number of benzene rings is 2. The van der Waals surface area contributed by atoms with Crippen LogP contribution in [-0.2, 0) is 14.8 Å². The van der Waals surface area contributed by atoms with Crippen molar-refractivity contribution in [3.8, 4) is 0 Å². The van der Waals surface area contributed by atoms with Gasteiger partial charge in [-0.15, -0.1) is 0 Å². The first-order chi connectivity index (χ1) is 13.8. The predicted octanol–water partition coefficient (Wildman–Crippen LogP) is 3.34. The molecule has 2 aromatic carbocycles. The van der Waals surface area contributed by atoms with Crippen molar-refractivity contribution < 1.29 is 17.6 Å². The van der Waals surface area contributed by atoms with Gasteiger partial charge in [0.25, 0.3) is 0 Å². The van der Waals surface area contributed by atoms with E-state index in [0.717, 1.165) is 0 Å². The smallest absolute Gasteiger partial charge is 0.243 e. The fourth-order valence-corrected chi connectivity index (χ4v) is 4.32. The number of hydrogen-bond acceptors (Lipinski definition) is 5. The maximum Gasteiger partial charge on any atom is 0.243 e. The second kappa shape index (κ2) is 10.2. The summed E-state index contributed by atoms with van der Waals surface area (Å²) in [5, 5.41) is 8.71. The molecule has 0 atom stereocenters. The van der Waals surface area contributed by atoms with Gasteiger partial charge < -0.3 is 16.0 Å². The monoisotopic (exact) mass is 422 g/mol. The van der Waals surface area contributed by atoms with Crippen LogP contribution in [0, 0.1) is 5.82 Å². The third-order valence-electron chi connectivity index (χ3n) is 4.25. The standard InChI is InChI=1S/C20H27FN4O3S/c1-4-22-18-11-10-17(29(27,28)25(5-2)6-3)13-19(18)23-14-20(26)24-16-9-7-8-15(21)12-16/h7-13,22-23H,4-6,14H2,1-3H3,(H,24,26). The molecule has 0 aromatic heterocycles. The number of rotatable bonds is 10. The van der Waals surface area contributed by atoms with E-state index in [4.69, 9.17) is 0 Å². The average Bonchev–Trinajstić information content (AvgIpc) is 2.68. The van der Waals surface area contributed by atoms with E-state index in [9.17, 15) is 17.6 Å². The van der Waals surface area contributed by atoms with Crippen LogP contribution in [0.4, 0.5) is 21.5 Å². The van der Waals surface area contributed by atoms with Gasteiger partial charge in [0.2, 0.25) is 15.9 Å². The van der Waals surface area contributed by atoms with E-state index in [1.54, 1.807) is 32.0 Å². The number of amides is 1.